The van der Waals surface area contributed by atoms with Gasteiger partial charge in [0.1, 0.15) is 0 Å². The molecule has 0 aliphatic carbocycles. The molecule has 174 valence electrons. The fraction of sp³-hybridized carbons (Fsp3) is 0.963. The van der Waals surface area contributed by atoms with Gasteiger partial charge in [0.15, 0.2) is 0 Å². The van der Waals surface area contributed by atoms with Gasteiger partial charge in [-0.2, -0.15) is 0 Å². The monoisotopic (exact) mass is 409 g/mol. The third-order valence-electron chi connectivity index (χ3n) is 6.23. The minimum atomic E-state index is -0.899. The summed E-state index contributed by atoms with van der Waals surface area (Å²) in [5, 5.41) is 10.3. The van der Waals surface area contributed by atoms with E-state index in [0.717, 1.165) is 12.8 Å². The maximum absolute atomic E-state index is 10.3. The molecule has 0 atom stereocenters. The standard InChI is InChI=1S/C27H54O2/c1-2-3-4-5-6-7-8-9-10-11-12-13-14-15-16-17-18-19-20-21-22-23-24-25-26-27(28)29/h2-26H2,1H3,(H,28,29)/p-1. The fourth-order valence-electron chi connectivity index (χ4n) is 4.23. The van der Waals surface area contributed by atoms with Crippen molar-refractivity contribution in [1.29, 1.82) is 0 Å². The van der Waals surface area contributed by atoms with Crippen LogP contribution in [-0.2, 0) is 4.79 Å². The summed E-state index contributed by atoms with van der Waals surface area (Å²) in [5.74, 6) is -0.899. The molecule has 0 spiro atoms. The van der Waals surface area contributed by atoms with Crippen LogP contribution in [-0.4, -0.2) is 5.97 Å². The molecule has 0 saturated carbocycles. The first-order chi connectivity index (χ1) is 14.3. The smallest absolute Gasteiger partial charge is 0.0414 e. The molecule has 0 unspecified atom stereocenters. The highest BCUT2D eigenvalue weighted by atomic mass is 16.4. The Hall–Kier alpha value is -0.530. The molecule has 0 rings (SSSR count). The number of carboxylic acid groups (broad SMARTS) is 1. The number of aliphatic carboxylic acids is 1. The molecule has 0 bridgehead atoms. The molecule has 0 aromatic heterocycles. The number of unbranched alkanes of at least 4 members (excludes halogenated alkanes) is 23. The predicted octanol–water partition coefficient (Wildman–Crippen LogP) is 8.51. The van der Waals surface area contributed by atoms with Gasteiger partial charge in [0.05, 0.1) is 0 Å². The van der Waals surface area contributed by atoms with Gasteiger partial charge in [-0.25, -0.2) is 0 Å². The third kappa shape index (κ3) is 27.5. The number of carboxylic acids is 1. The molecule has 0 aliphatic heterocycles. The maximum atomic E-state index is 10.3. The maximum Gasteiger partial charge on any atom is 0.0414 e. The highest BCUT2D eigenvalue weighted by Crippen LogP contribution is 2.15. The summed E-state index contributed by atoms with van der Waals surface area (Å²) in [6, 6.07) is 0. The number of rotatable bonds is 25. The molecule has 0 radical (unpaired) electrons. The van der Waals surface area contributed by atoms with Crippen molar-refractivity contribution in [1.82, 2.24) is 0 Å². The van der Waals surface area contributed by atoms with Gasteiger partial charge in [-0.05, 0) is 12.8 Å². The van der Waals surface area contributed by atoms with Crippen LogP contribution in [0.3, 0.4) is 0 Å². The zero-order chi connectivity index (χ0) is 21.3. The molecular weight excluding hydrogens is 356 g/mol. The van der Waals surface area contributed by atoms with Crippen molar-refractivity contribution >= 4 is 5.97 Å². The second kappa shape index (κ2) is 25.5. The highest BCUT2D eigenvalue weighted by Gasteiger charge is 1.96. The molecule has 0 aromatic carbocycles. The van der Waals surface area contributed by atoms with Crippen LogP contribution >= 0.6 is 0 Å². The first-order valence-electron chi connectivity index (χ1n) is 13.5. The summed E-state index contributed by atoms with van der Waals surface area (Å²) in [6.45, 7) is 2.29. The van der Waals surface area contributed by atoms with Crippen molar-refractivity contribution in [3.05, 3.63) is 0 Å². The quantitative estimate of drug-likeness (QED) is 0.142. The van der Waals surface area contributed by atoms with Crippen LogP contribution in [0.1, 0.15) is 167 Å². The van der Waals surface area contributed by atoms with E-state index in [1.54, 1.807) is 0 Å². The van der Waals surface area contributed by atoms with Crippen molar-refractivity contribution in [2.45, 2.75) is 167 Å². The topological polar surface area (TPSA) is 40.1 Å². The van der Waals surface area contributed by atoms with E-state index in [-0.39, 0.29) is 6.42 Å². The minimum absolute atomic E-state index is 0.235. The Morgan fingerprint density at radius 2 is 0.621 bits per heavy atom. The van der Waals surface area contributed by atoms with E-state index >= 15 is 0 Å². The third-order valence-corrected chi connectivity index (χ3v) is 6.23. The Bertz CT molecular complexity index is 314. The Morgan fingerprint density at radius 1 is 0.414 bits per heavy atom. The summed E-state index contributed by atoms with van der Waals surface area (Å²) in [7, 11) is 0. The Labute approximate surface area is 183 Å². The van der Waals surface area contributed by atoms with Gasteiger partial charge < -0.3 is 9.90 Å². The van der Waals surface area contributed by atoms with E-state index in [9.17, 15) is 9.90 Å². The minimum Gasteiger partial charge on any atom is -0.550 e. The van der Waals surface area contributed by atoms with Crippen LogP contribution in [0.15, 0.2) is 0 Å². The van der Waals surface area contributed by atoms with Crippen LogP contribution < -0.4 is 5.11 Å². The average Bonchev–Trinajstić information content (AvgIpc) is 2.71. The van der Waals surface area contributed by atoms with E-state index in [0.29, 0.717) is 0 Å². The summed E-state index contributed by atoms with van der Waals surface area (Å²) >= 11 is 0. The van der Waals surface area contributed by atoms with Gasteiger partial charge in [-0.1, -0.05) is 155 Å². The SMILES string of the molecule is CCCCCCCCCCCCCCCCCCCCCCCCCCC(=O)[O-]. The zero-order valence-electron chi connectivity index (χ0n) is 20.0. The van der Waals surface area contributed by atoms with Crippen molar-refractivity contribution in [2.24, 2.45) is 0 Å². The number of hydrogen-bond donors (Lipinski definition) is 0. The van der Waals surface area contributed by atoms with Crippen LogP contribution in [0, 0.1) is 0 Å². The van der Waals surface area contributed by atoms with E-state index in [4.69, 9.17) is 0 Å². The lowest BCUT2D eigenvalue weighted by Gasteiger charge is -2.04. The Balaban J connectivity index is 2.99. The molecule has 2 heteroatoms. The number of hydrogen-bond acceptors (Lipinski definition) is 2. The molecule has 0 fully saturated rings. The largest absolute Gasteiger partial charge is 0.550 e. The van der Waals surface area contributed by atoms with Crippen molar-refractivity contribution in [3.63, 3.8) is 0 Å². The normalized spacial score (nSPS) is 11.2. The van der Waals surface area contributed by atoms with Crippen LogP contribution in [0.25, 0.3) is 0 Å². The van der Waals surface area contributed by atoms with Crippen molar-refractivity contribution in [2.75, 3.05) is 0 Å². The lowest BCUT2D eigenvalue weighted by atomic mass is 10.0. The van der Waals surface area contributed by atoms with E-state index in [1.165, 1.54) is 141 Å². The van der Waals surface area contributed by atoms with Crippen LogP contribution in [0.5, 0.6) is 0 Å². The molecular formula is C27H53O2-. The second-order valence-corrected chi connectivity index (χ2v) is 9.25. The highest BCUT2D eigenvalue weighted by molar-refractivity contribution is 5.63. The van der Waals surface area contributed by atoms with Crippen LogP contribution in [0.4, 0.5) is 0 Å². The second-order valence-electron chi connectivity index (χ2n) is 9.25. The molecule has 0 N–H and O–H groups in total. The predicted molar refractivity (Wildman–Crippen MR) is 126 cm³/mol. The lowest BCUT2D eigenvalue weighted by Crippen LogP contribution is -2.21. The summed E-state index contributed by atoms with van der Waals surface area (Å²) in [6.07, 6.45) is 33.2. The molecule has 29 heavy (non-hydrogen) atoms. The first-order valence-corrected chi connectivity index (χ1v) is 13.5. The molecule has 0 aliphatic rings. The van der Waals surface area contributed by atoms with Crippen LogP contribution in [0.2, 0.25) is 0 Å². The van der Waals surface area contributed by atoms with Crippen molar-refractivity contribution in [3.8, 4) is 0 Å². The molecule has 0 amide bonds. The summed E-state index contributed by atoms with van der Waals surface area (Å²) in [4.78, 5) is 10.3. The molecule has 2 nitrogen and oxygen atoms in total. The van der Waals surface area contributed by atoms with Gasteiger partial charge in [0.2, 0.25) is 0 Å². The number of carbonyl (C=O) groups is 1. The average molecular weight is 410 g/mol. The van der Waals surface area contributed by atoms with Gasteiger partial charge in [0, 0.05) is 5.97 Å². The van der Waals surface area contributed by atoms with Gasteiger partial charge >= 0.3 is 0 Å². The molecule has 0 aromatic rings. The van der Waals surface area contributed by atoms with Gasteiger partial charge in [-0.15, -0.1) is 0 Å². The molecule has 0 heterocycles. The summed E-state index contributed by atoms with van der Waals surface area (Å²) < 4.78 is 0. The Morgan fingerprint density at radius 3 is 0.828 bits per heavy atom. The zero-order valence-corrected chi connectivity index (χ0v) is 20.0. The lowest BCUT2D eigenvalue weighted by molar-refractivity contribution is -0.305. The first kappa shape index (κ1) is 28.5. The van der Waals surface area contributed by atoms with E-state index in [2.05, 4.69) is 6.92 Å². The van der Waals surface area contributed by atoms with Gasteiger partial charge in [0.25, 0.3) is 0 Å². The Kier molecular flexibility index (Phi) is 25.0. The van der Waals surface area contributed by atoms with Crippen molar-refractivity contribution < 1.29 is 9.90 Å². The fourth-order valence-corrected chi connectivity index (χ4v) is 4.23. The van der Waals surface area contributed by atoms with Gasteiger partial charge in [-0.3, -0.25) is 0 Å². The summed E-state index contributed by atoms with van der Waals surface area (Å²) in [5.41, 5.74) is 0. The molecule has 0 saturated heterocycles. The number of carbonyl (C=O) groups excluding carboxylic acids is 1. The van der Waals surface area contributed by atoms with E-state index < -0.39 is 5.97 Å². The van der Waals surface area contributed by atoms with E-state index in [1.807, 2.05) is 0 Å².